The van der Waals surface area contributed by atoms with Crippen molar-refractivity contribution < 1.29 is 27.5 Å². The Morgan fingerprint density at radius 1 is 1.39 bits per heavy atom. The maximum absolute atomic E-state index is 14.2. The highest BCUT2D eigenvalue weighted by Gasteiger charge is 2.46. The Labute approximate surface area is 134 Å². The normalized spacial score (nSPS) is 20.8. The molecule has 1 aliphatic heterocycles. The number of hydrogen-bond donors (Lipinski definition) is 2. The molecule has 1 aromatic rings. The van der Waals surface area contributed by atoms with Crippen molar-refractivity contribution >= 4 is 23.5 Å². The summed E-state index contributed by atoms with van der Waals surface area (Å²) in [6, 6.07) is 1.50. The van der Waals surface area contributed by atoms with Gasteiger partial charge >= 0.3 is 12.2 Å². The van der Waals surface area contributed by atoms with Gasteiger partial charge in [0.05, 0.1) is 17.0 Å². The Morgan fingerprint density at radius 3 is 2.48 bits per heavy atom. The van der Waals surface area contributed by atoms with Crippen molar-refractivity contribution in [1.82, 2.24) is 5.32 Å². The number of nitrogens with zero attached hydrogens (tertiary/aromatic N) is 1. The van der Waals surface area contributed by atoms with Gasteiger partial charge in [-0.3, -0.25) is 4.90 Å². The van der Waals surface area contributed by atoms with Crippen LogP contribution in [0.1, 0.15) is 19.4 Å². The molecule has 23 heavy (non-hydrogen) atoms. The third-order valence-electron chi connectivity index (χ3n) is 3.43. The number of alkyl halides is 3. The van der Waals surface area contributed by atoms with Crippen LogP contribution in [0.25, 0.3) is 0 Å². The molecule has 0 spiro atoms. The Kier molecular flexibility index (Phi) is 4.55. The molecule has 9 heteroatoms. The topological polar surface area (TPSA) is 52.6 Å². The quantitative estimate of drug-likeness (QED) is 0.647. The Morgan fingerprint density at radius 2 is 2.00 bits per heavy atom. The highest BCUT2D eigenvalue weighted by Crippen LogP contribution is 2.36. The molecule has 1 fully saturated rings. The van der Waals surface area contributed by atoms with Gasteiger partial charge < -0.3 is 10.4 Å². The standard InChI is InChI=1S/C14H16F4N2O2S/c1-7-4-8(15)9(5-10(7)23-6-14(16,17)18)20-11(21)13(2,3)19-12(20)22/h4-5,11,21H,6H2,1-3H3,(H,19,22). The number of carbonyl (C=O) groups excluding carboxylic acids is 1. The number of hydrogen-bond acceptors (Lipinski definition) is 3. The molecule has 0 aromatic heterocycles. The van der Waals surface area contributed by atoms with Crippen LogP contribution in [0.4, 0.5) is 28.0 Å². The molecule has 2 amide bonds. The fourth-order valence-electron chi connectivity index (χ4n) is 2.22. The van der Waals surface area contributed by atoms with E-state index in [1.165, 1.54) is 6.92 Å². The summed E-state index contributed by atoms with van der Waals surface area (Å²) in [4.78, 5) is 13.0. The number of amides is 2. The van der Waals surface area contributed by atoms with Crippen LogP contribution >= 0.6 is 11.8 Å². The molecule has 2 N–H and O–H groups in total. The minimum absolute atomic E-state index is 0.198. The zero-order valence-corrected chi connectivity index (χ0v) is 13.5. The van der Waals surface area contributed by atoms with E-state index in [2.05, 4.69) is 5.32 Å². The van der Waals surface area contributed by atoms with Crippen LogP contribution < -0.4 is 10.2 Å². The molecule has 1 saturated heterocycles. The lowest BCUT2D eigenvalue weighted by Crippen LogP contribution is -2.44. The number of carbonyl (C=O) groups is 1. The van der Waals surface area contributed by atoms with Crippen molar-refractivity contribution in [3.63, 3.8) is 0 Å². The van der Waals surface area contributed by atoms with Crippen LogP contribution in [-0.2, 0) is 0 Å². The molecule has 1 aromatic carbocycles. The van der Waals surface area contributed by atoms with Gasteiger partial charge in [-0.2, -0.15) is 13.2 Å². The van der Waals surface area contributed by atoms with E-state index in [4.69, 9.17) is 0 Å². The summed E-state index contributed by atoms with van der Waals surface area (Å²) >= 11 is 0.506. The fourth-order valence-corrected chi connectivity index (χ4v) is 3.02. The van der Waals surface area contributed by atoms with Gasteiger partial charge in [-0.1, -0.05) is 0 Å². The summed E-state index contributed by atoms with van der Waals surface area (Å²) in [6.45, 7) is 4.60. The van der Waals surface area contributed by atoms with Crippen molar-refractivity contribution in [3.8, 4) is 0 Å². The number of aliphatic hydroxyl groups is 1. The summed E-state index contributed by atoms with van der Waals surface area (Å²) in [5, 5.41) is 12.7. The van der Waals surface area contributed by atoms with Gasteiger partial charge in [0, 0.05) is 4.90 Å². The molecule has 1 heterocycles. The van der Waals surface area contributed by atoms with E-state index in [1.54, 1.807) is 13.8 Å². The van der Waals surface area contributed by atoms with Gasteiger partial charge in [-0.05, 0) is 38.5 Å². The molecule has 0 aliphatic carbocycles. The number of thioether (sulfide) groups is 1. The number of urea groups is 1. The minimum atomic E-state index is -4.36. The maximum atomic E-state index is 14.2. The van der Waals surface area contributed by atoms with Crippen LogP contribution in [0.5, 0.6) is 0 Å². The van der Waals surface area contributed by atoms with E-state index in [1.807, 2.05) is 0 Å². The van der Waals surface area contributed by atoms with Crippen molar-refractivity contribution in [3.05, 3.63) is 23.5 Å². The monoisotopic (exact) mass is 352 g/mol. The van der Waals surface area contributed by atoms with Crippen LogP contribution in [0.15, 0.2) is 17.0 Å². The molecule has 128 valence electrons. The number of benzene rings is 1. The second-order valence-corrected chi connectivity index (χ2v) is 6.89. The maximum Gasteiger partial charge on any atom is 0.398 e. The molecule has 1 unspecified atom stereocenters. The van der Waals surface area contributed by atoms with Crippen molar-refractivity contribution in [2.45, 2.75) is 43.6 Å². The second-order valence-electron chi connectivity index (χ2n) is 5.87. The Bertz CT molecular complexity index is 634. The predicted octanol–water partition coefficient (Wildman–Crippen LogP) is 3.42. The molecule has 0 saturated carbocycles. The molecular weight excluding hydrogens is 336 g/mol. The smallest absolute Gasteiger partial charge is 0.371 e. The lowest BCUT2D eigenvalue weighted by atomic mass is 10.0. The Hall–Kier alpha value is -1.48. The lowest BCUT2D eigenvalue weighted by Gasteiger charge is -2.26. The lowest BCUT2D eigenvalue weighted by molar-refractivity contribution is -0.105. The SMILES string of the molecule is Cc1cc(F)c(N2C(=O)NC(C)(C)C2O)cc1SCC(F)(F)F. The van der Waals surface area contributed by atoms with Crippen molar-refractivity contribution in [2.24, 2.45) is 0 Å². The van der Waals surface area contributed by atoms with Crippen molar-refractivity contribution in [1.29, 1.82) is 0 Å². The molecular formula is C14H16F4N2O2S. The number of nitrogens with one attached hydrogen (secondary N) is 1. The van der Waals surface area contributed by atoms with Gasteiger partial charge in [-0.15, -0.1) is 11.8 Å². The van der Waals surface area contributed by atoms with Crippen LogP contribution in [-0.4, -0.2) is 34.8 Å². The largest absolute Gasteiger partial charge is 0.398 e. The van der Waals surface area contributed by atoms with E-state index in [-0.39, 0.29) is 10.6 Å². The highest BCUT2D eigenvalue weighted by molar-refractivity contribution is 7.99. The highest BCUT2D eigenvalue weighted by atomic mass is 32.2. The van der Waals surface area contributed by atoms with Gasteiger partial charge in [0.15, 0.2) is 6.23 Å². The minimum Gasteiger partial charge on any atom is -0.371 e. The fraction of sp³-hybridized carbons (Fsp3) is 0.500. The Balaban J connectivity index is 2.38. The van der Waals surface area contributed by atoms with E-state index in [0.29, 0.717) is 17.3 Å². The third-order valence-corrected chi connectivity index (χ3v) is 4.66. The average molecular weight is 352 g/mol. The number of halogens is 4. The van der Waals surface area contributed by atoms with Crippen LogP contribution in [0, 0.1) is 12.7 Å². The summed E-state index contributed by atoms with van der Waals surface area (Å²) in [5.74, 6) is -1.91. The van der Waals surface area contributed by atoms with Gasteiger partial charge in [0.25, 0.3) is 0 Å². The summed E-state index contributed by atoms with van der Waals surface area (Å²) in [7, 11) is 0. The number of anilines is 1. The second kappa shape index (κ2) is 5.86. The van der Waals surface area contributed by atoms with E-state index >= 15 is 0 Å². The molecule has 0 bridgehead atoms. The molecule has 1 aliphatic rings. The number of aryl methyl sites for hydroxylation is 1. The van der Waals surface area contributed by atoms with E-state index in [9.17, 15) is 27.5 Å². The molecule has 0 radical (unpaired) electrons. The van der Waals surface area contributed by atoms with E-state index in [0.717, 1.165) is 17.0 Å². The number of rotatable bonds is 3. The van der Waals surface area contributed by atoms with Crippen LogP contribution in [0.3, 0.4) is 0 Å². The zero-order valence-electron chi connectivity index (χ0n) is 12.7. The van der Waals surface area contributed by atoms with Gasteiger partial charge in [-0.25, -0.2) is 9.18 Å². The molecule has 2 rings (SSSR count). The summed E-state index contributed by atoms with van der Waals surface area (Å²) < 4.78 is 51.3. The van der Waals surface area contributed by atoms with Crippen LogP contribution in [0.2, 0.25) is 0 Å². The summed E-state index contributed by atoms with van der Waals surface area (Å²) in [6.07, 6.45) is -5.70. The van der Waals surface area contributed by atoms with Crippen molar-refractivity contribution in [2.75, 3.05) is 10.7 Å². The number of aliphatic hydroxyl groups excluding tert-OH is 1. The average Bonchev–Trinajstić information content (AvgIpc) is 2.57. The van der Waals surface area contributed by atoms with Gasteiger partial charge in [0.2, 0.25) is 0 Å². The first kappa shape index (κ1) is 17.9. The van der Waals surface area contributed by atoms with E-state index < -0.39 is 35.5 Å². The molecule has 4 nitrogen and oxygen atoms in total. The van der Waals surface area contributed by atoms with Gasteiger partial charge in [0.1, 0.15) is 5.82 Å². The first-order chi connectivity index (χ1) is 10.4. The zero-order chi connectivity index (χ0) is 17.6. The third kappa shape index (κ3) is 3.72. The predicted molar refractivity (Wildman–Crippen MR) is 79.0 cm³/mol. The first-order valence-corrected chi connectivity index (χ1v) is 7.70. The molecule has 1 atom stereocenters. The first-order valence-electron chi connectivity index (χ1n) is 6.71. The summed E-state index contributed by atoms with van der Waals surface area (Å²) in [5.41, 5.74) is -0.932.